The average Bonchev–Trinajstić information content (AvgIpc) is 3.45. The first-order valence-electron chi connectivity index (χ1n) is 11.0. The second kappa shape index (κ2) is 9.97. The number of thioether (sulfide) groups is 1. The molecule has 7 nitrogen and oxygen atoms in total. The van der Waals surface area contributed by atoms with Crippen molar-refractivity contribution in [3.8, 4) is 0 Å². The van der Waals surface area contributed by atoms with E-state index in [1.54, 1.807) is 24.4 Å². The summed E-state index contributed by atoms with van der Waals surface area (Å²) in [5.74, 6) is -0.289. The fourth-order valence-corrected chi connectivity index (χ4v) is 4.94. The Morgan fingerprint density at radius 3 is 2.91 bits per heavy atom. The number of carbonyl (C=O) groups is 2. The minimum Gasteiger partial charge on any atom is -0.325 e. The molecule has 3 aromatic rings. The molecular formula is C25H22ClN5O2S. The highest BCUT2D eigenvalue weighted by Gasteiger charge is 2.24. The van der Waals surface area contributed by atoms with Gasteiger partial charge in [0.25, 0.3) is 5.91 Å². The number of hydrogen-bond acceptors (Lipinski definition) is 6. The van der Waals surface area contributed by atoms with E-state index in [2.05, 4.69) is 25.5 Å². The highest BCUT2D eigenvalue weighted by molar-refractivity contribution is 8.18. The summed E-state index contributed by atoms with van der Waals surface area (Å²) in [6.45, 7) is 2.28. The number of aliphatic imine (C=N–C) groups is 1. The van der Waals surface area contributed by atoms with Gasteiger partial charge < -0.3 is 10.6 Å². The van der Waals surface area contributed by atoms with Crippen LogP contribution < -0.4 is 10.6 Å². The minimum atomic E-state index is -0.221. The summed E-state index contributed by atoms with van der Waals surface area (Å²) in [6.07, 6.45) is 5.84. The predicted octanol–water partition coefficient (Wildman–Crippen LogP) is 4.81. The van der Waals surface area contributed by atoms with Gasteiger partial charge in [-0.1, -0.05) is 23.7 Å². The maximum Gasteiger partial charge on any atom is 0.264 e. The molecule has 0 unspecified atom stereocenters. The summed E-state index contributed by atoms with van der Waals surface area (Å²) in [5.41, 5.74) is 2.89. The molecular weight excluding hydrogens is 470 g/mol. The van der Waals surface area contributed by atoms with Gasteiger partial charge in [0.15, 0.2) is 5.17 Å². The number of carbonyl (C=O) groups excluding carboxylic acids is 2. The number of halogens is 1. The van der Waals surface area contributed by atoms with Crippen molar-refractivity contribution >= 4 is 68.7 Å². The number of benzene rings is 2. The van der Waals surface area contributed by atoms with Crippen LogP contribution in [0.1, 0.15) is 18.4 Å². The first kappa shape index (κ1) is 22.6. The van der Waals surface area contributed by atoms with E-state index < -0.39 is 0 Å². The molecule has 0 radical (unpaired) electrons. The van der Waals surface area contributed by atoms with Gasteiger partial charge in [0.2, 0.25) is 5.91 Å². The molecule has 2 saturated heterocycles. The van der Waals surface area contributed by atoms with E-state index in [-0.39, 0.29) is 11.8 Å². The molecule has 0 atom stereocenters. The van der Waals surface area contributed by atoms with Crippen LogP contribution in [0.5, 0.6) is 0 Å². The van der Waals surface area contributed by atoms with Gasteiger partial charge in [0.05, 0.1) is 27.7 Å². The molecule has 3 heterocycles. The molecule has 2 N–H and O–H groups in total. The van der Waals surface area contributed by atoms with Crippen LogP contribution in [0, 0.1) is 0 Å². The van der Waals surface area contributed by atoms with Crippen molar-refractivity contribution in [2.75, 3.05) is 25.0 Å². The Hall–Kier alpha value is -3.20. The summed E-state index contributed by atoms with van der Waals surface area (Å²) in [7, 11) is 0. The van der Waals surface area contributed by atoms with Crippen LogP contribution in [0.4, 0.5) is 11.4 Å². The molecule has 0 aliphatic carbocycles. The molecule has 1 aromatic heterocycles. The number of anilines is 1. The number of rotatable bonds is 5. The largest absolute Gasteiger partial charge is 0.325 e. The van der Waals surface area contributed by atoms with Gasteiger partial charge in [-0.2, -0.15) is 0 Å². The van der Waals surface area contributed by atoms with Gasteiger partial charge in [0.1, 0.15) is 0 Å². The van der Waals surface area contributed by atoms with Crippen molar-refractivity contribution in [2.24, 2.45) is 4.99 Å². The quantitative estimate of drug-likeness (QED) is 0.500. The lowest BCUT2D eigenvalue weighted by molar-refractivity contribution is -0.117. The number of nitrogens with one attached hydrogen (secondary N) is 2. The Kier molecular flexibility index (Phi) is 6.62. The summed E-state index contributed by atoms with van der Waals surface area (Å²) < 4.78 is 0. The summed E-state index contributed by atoms with van der Waals surface area (Å²) in [5, 5.41) is 7.56. The van der Waals surface area contributed by atoms with Gasteiger partial charge in [-0.15, -0.1) is 0 Å². The SMILES string of the molecule is O=C(CN1CCCC1)Nc1ccc(Cl)c(N=C2NC(=O)C(=Cc3ccc4ncccc4c3)S2)c1. The Labute approximate surface area is 206 Å². The molecule has 172 valence electrons. The third-order valence-electron chi connectivity index (χ3n) is 5.59. The van der Waals surface area contributed by atoms with Crippen molar-refractivity contribution in [3.63, 3.8) is 0 Å². The second-order valence-corrected chi connectivity index (χ2v) is 9.57. The Morgan fingerprint density at radius 1 is 1.21 bits per heavy atom. The van der Waals surface area contributed by atoms with Crippen molar-refractivity contribution in [2.45, 2.75) is 12.8 Å². The van der Waals surface area contributed by atoms with Crippen molar-refractivity contribution in [1.82, 2.24) is 15.2 Å². The minimum absolute atomic E-state index is 0.0674. The third-order valence-corrected chi connectivity index (χ3v) is 6.82. The zero-order valence-corrected chi connectivity index (χ0v) is 19.8. The molecule has 2 aromatic carbocycles. The molecule has 2 aliphatic rings. The highest BCUT2D eigenvalue weighted by Crippen LogP contribution is 2.33. The van der Waals surface area contributed by atoms with Crippen LogP contribution in [0.2, 0.25) is 5.02 Å². The van der Waals surface area contributed by atoms with E-state index >= 15 is 0 Å². The molecule has 2 aliphatic heterocycles. The summed E-state index contributed by atoms with van der Waals surface area (Å²) in [6, 6.07) is 14.9. The number of hydrogen-bond donors (Lipinski definition) is 2. The molecule has 0 bridgehead atoms. The fourth-order valence-electron chi connectivity index (χ4n) is 3.95. The number of aromatic nitrogens is 1. The van der Waals surface area contributed by atoms with Crippen LogP contribution >= 0.6 is 23.4 Å². The molecule has 0 spiro atoms. The van der Waals surface area contributed by atoms with E-state index in [0.29, 0.717) is 33.0 Å². The number of pyridine rings is 1. The molecule has 9 heteroatoms. The van der Waals surface area contributed by atoms with Gasteiger partial charge in [-0.3, -0.25) is 19.5 Å². The van der Waals surface area contributed by atoms with Crippen molar-refractivity contribution < 1.29 is 9.59 Å². The van der Waals surface area contributed by atoms with Crippen LogP contribution in [-0.2, 0) is 9.59 Å². The first-order chi connectivity index (χ1) is 16.5. The summed E-state index contributed by atoms with van der Waals surface area (Å²) in [4.78, 5) is 36.4. The Morgan fingerprint density at radius 2 is 2.06 bits per heavy atom. The zero-order chi connectivity index (χ0) is 23.5. The maximum atomic E-state index is 12.5. The van der Waals surface area contributed by atoms with Gasteiger partial charge in [-0.05, 0) is 85.7 Å². The van der Waals surface area contributed by atoms with E-state index in [0.717, 1.165) is 42.4 Å². The molecule has 34 heavy (non-hydrogen) atoms. The maximum absolute atomic E-state index is 12.5. The summed E-state index contributed by atoms with van der Waals surface area (Å²) >= 11 is 7.58. The van der Waals surface area contributed by atoms with Crippen LogP contribution in [0.3, 0.4) is 0 Å². The Bertz CT molecular complexity index is 1330. The van der Waals surface area contributed by atoms with Gasteiger partial charge >= 0.3 is 0 Å². The van der Waals surface area contributed by atoms with Gasteiger partial charge in [-0.25, -0.2) is 4.99 Å². The number of fused-ring (bicyclic) bond motifs is 1. The standard InChI is InChI=1S/C25H22ClN5O2S/c26-19-7-6-18(28-23(32)15-31-10-1-2-11-31)14-21(19)29-25-30-24(33)22(34-25)13-16-5-8-20-17(12-16)4-3-9-27-20/h3-9,12-14H,1-2,10-11,15H2,(H,28,32)(H,29,30,33). The van der Waals surface area contributed by atoms with Crippen LogP contribution in [0.15, 0.2) is 64.6 Å². The Balaban J connectivity index is 1.31. The monoisotopic (exact) mass is 491 g/mol. The predicted molar refractivity (Wildman–Crippen MR) is 138 cm³/mol. The average molecular weight is 492 g/mol. The van der Waals surface area contributed by atoms with Gasteiger partial charge in [0, 0.05) is 17.3 Å². The normalized spacial score (nSPS) is 18.7. The lowest BCUT2D eigenvalue weighted by Crippen LogP contribution is -2.30. The lowest BCUT2D eigenvalue weighted by atomic mass is 10.1. The number of amidine groups is 1. The topological polar surface area (TPSA) is 86.7 Å². The molecule has 0 saturated carbocycles. The molecule has 2 amide bonds. The van der Waals surface area contributed by atoms with E-state index in [4.69, 9.17) is 11.6 Å². The molecule has 5 rings (SSSR count). The van der Waals surface area contributed by atoms with Crippen LogP contribution in [-0.4, -0.2) is 46.5 Å². The van der Waals surface area contributed by atoms with Crippen molar-refractivity contribution in [3.05, 3.63) is 70.2 Å². The fraction of sp³-hybridized carbons (Fsp3) is 0.200. The lowest BCUT2D eigenvalue weighted by Gasteiger charge is -2.14. The van der Waals surface area contributed by atoms with Crippen LogP contribution in [0.25, 0.3) is 17.0 Å². The van der Waals surface area contributed by atoms with E-state index in [1.807, 2.05) is 36.4 Å². The second-order valence-electron chi connectivity index (χ2n) is 8.13. The number of amides is 2. The number of likely N-dealkylation sites (tertiary alicyclic amines) is 1. The highest BCUT2D eigenvalue weighted by atomic mass is 35.5. The third kappa shape index (κ3) is 5.30. The van der Waals surface area contributed by atoms with E-state index in [1.165, 1.54) is 11.8 Å². The number of nitrogens with zero attached hydrogens (tertiary/aromatic N) is 3. The first-order valence-corrected chi connectivity index (χ1v) is 12.2. The molecule has 2 fully saturated rings. The van der Waals surface area contributed by atoms with E-state index in [9.17, 15) is 9.59 Å². The zero-order valence-electron chi connectivity index (χ0n) is 18.3. The smallest absolute Gasteiger partial charge is 0.264 e. The van der Waals surface area contributed by atoms with Crippen molar-refractivity contribution in [1.29, 1.82) is 0 Å².